The smallest absolute Gasteiger partial charge is 0.325 e. The van der Waals surface area contributed by atoms with Crippen LogP contribution < -0.4 is 10.6 Å². The number of methoxy groups -OCH3 is 4. The average Bonchev–Trinajstić information content (AvgIpc) is 2.57. The maximum absolute atomic E-state index is 11.8. The Bertz CT molecular complexity index is 384. The number of carbonyl (C=O) groups is 4. The van der Waals surface area contributed by atoms with Crippen LogP contribution >= 0.6 is 0 Å². The van der Waals surface area contributed by atoms with Gasteiger partial charge in [0.05, 0.1) is 28.4 Å². The summed E-state index contributed by atoms with van der Waals surface area (Å²) in [5, 5.41) is 5.14. The van der Waals surface area contributed by atoms with E-state index < -0.39 is 48.0 Å². The Labute approximate surface area is 126 Å². The number of rotatable bonds is 4. The highest BCUT2D eigenvalue weighted by atomic mass is 16.5. The van der Waals surface area contributed by atoms with Gasteiger partial charge in [-0.1, -0.05) is 0 Å². The average molecular weight is 318 g/mol. The van der Waals surface area contributed by atoms with Crippen molar-refractivity contribution in [1.82, 2.24) is 10.6 Å². The molecule has 2 N–H and O–H groups in total. The van der Waals surface area contributed by atoms with E-state index >= 15 is 0 Å². The minimum atomic E-state index is -1.23. The predicted molar refractivity (Wildman–Crippen MR) is 69.5 cm³/mol. The molecule has 0 aromatic heterocycles. The molecule has 1 saturated heterocycles. The molecule has 4 atom stereocenters. The SMILES string of the molecule is COC(=O)C1NC(C(=O)OC)C(C(=O)OC)NC1C(=O)OC. The summed E-state index contributed by atoms with van der Waals surface area (Å²) >= 11 is 0. The molecular formula is C12H18N2O8. The molecule has 10 heteroatoms. The molecule has 10 nitrogen and oxygen atoms in total. The van der Waals surface area contributed by atoms with E-state index in [2.05, 4.69) is 29.6 Å². The van der Waals surface area contributed by atoms with Crippen LogP contribution in [-0.2, 0) is 38.1 Å². The predicted octanol–water partition coefficient (Wildman–Crippen LogP) is -2.65. The van der Waals surface area contributed by atoms with Crippen molar-refractivity contribution in [2.75, 3.05) is 28.4 Å². The highest BCUT2D eigenvalue weighted by molar-refractivity contribution is 5.93. The van der Waals surface area contributed by atoms with Crippen molar-refractivity contribution in [3.63, 3.8) is 0 Å². The minimum absolute atomic E-state index is 0.805. The second-order valence-corrected chi connectivity index (χ2v) is 4.34. The zero-order chi connectivity index (χ0) is 16.9. The maximum Gasteiger partial charge on any atom is 0.325 e. The third kappa shape index (κ3) is 3.52. The summed E-state index contributed by atoms with van der Waals surface area (Å²) in [6.45, 7) is 0. The highest BCUT2D eigenvalue weighted by Crippen LogP contribution is 2.13. The third-order valence-electron chi connectivity index (χ3n) is 3.21. The van der Waals surface area contributed by atoms with Crippen molar-refractivity contribution in [3.8, 4) is 0 Å². The largest absolute Gasteiger partial charge is 0.468 e. The van der Waals surface area contributed by atoms with Gasteiger partial charge in [-0.15, -0.1) is 0 Å². The fourth-order valence-electron chi connectivity index (χ4n) is 2.10. The van der Waals surface area contributed by atoms with E-state index in [1.54, 1.807) is 0 Å². The molecule has 1 heterocycles. The van der Waals surface area contributed by atoms with Crippen LogP contribution in [0.2, 0.25) is 0 Å². The lowest BCUT2D eigenvalue weighted by atomic mass is 9.96. The van der Waals surface area contributed by atoms with Gasteiger partial charge in [-0.2, -0.15) is 0 Å². The van der Waals surface area contributed by atoms with Crippen LogP contribution in [0.3, 0.4) is 0 Å². The summed E-state index contributed by atoms with van der Waals surface area (Å²) in [5.74, 6) is -3.22. The molecule has 0 bridgehead atoms. The van der Waals surface area contributed by atoms with Crippen molar-refractivity contribution >= 4 is 23.9 Å². The zero-order valence-electron chi connectivity index (χ0n) is 12.6. The van der Waals surface area contributed by atoms with Crippen LogP contribution in [-0.4, -0.2) is 76.5 Å². The van der Waals surface area contributed by atoms with Gasteiger partial charge in [0.15, 0.2) is 0 Å². The first-order chi connectivity index (χ1) is 10.4. The van der Waals surface area contributed by atoms with Crippen molar-refractivity contribution in [3.05, 3.63) is 0 Å². The number of hydrogen-bond donors (Lipinski definition) is 2. The topological polar surface area (TPSA) is 129 Å². The molecule has 0 amide bonds. The Kier molecular flexibility index (Phi) is 6.25. The zero-order valence-corrected chi connectivity index (χ0v) is 12.6. The van der Waals surface area contributed by atoms with Crippen molar-refractivity contribution < 1.29 is 38.1 Å². The summed E-state index contributed by atoms with van der Waals surface area (Å²) in [5.41, 5.74) is 0. The van der Waals surface area contributed by atoms with Gasteiger partial charge in [-0.25, -0.2) is 0 Å². The number of ether oxygens (including phenoxy) is 4. The Morgan fingerprint density at radius 1 is 0.545 bits per heavy atom. The summed E-state index contributed by atoms with van der Waals surface area (Å²) in [6, 6.07) is -4.94. The molecule has 22 heavy (non-hydrogen) atoms. The van der Waals surface area contributed by atoms with Gasteiger partial charge in [0.1, 0.15) is 24.2 Å². The molecule has 124 valence electrons. The monoisotopic (exact) mass is 318 g/mol. The molecule has 0 aromatic rings. The molecule has 0 aromatic carbocycles. The van der Waals surface area contributed by atoms with E-state index in [0.29, 0.717) is 0 Å². The lowest BCUT2D eigenvalue weighted by Gasteiger charge is -2.38. The molecule has 1 fully saturated rings. The standard InChI is InChI=1S/C12H18N2O8/c1-19-9(15)5-6(10(16)20-2)14-8(12(18)22-4)7(13-5)11(17)21-3/h5-8,13-14H,1-4H3. The van der Waals surface area contributed by atoms with Crippen LogP contribution in [0.5, 0.6) is 0 Å². The van der Waals surface area contributed by atoms with Crippen molar-refractivity contribution in [2.45, 2.75) is 24.2 Å². The quantitative estimate of drug-likeness (QED) is 0.418. The first-order valence-electron chi connectivity index (χ1n) is 6.24. The number of esters is 4. The lowest BCUT2D eigenvalue weighted by molar-refractivity contribution is -0.162. The summed E-state index contributed by atoms with van der Waals surface area (Å²) in [4.78, 5) is 47.2. The normalized spacial score (nSPS) is 27.5. The van der Waals surface area contributed by atoms with Gasteiger partial charge in [0.25, 0.3) is 0 Å². The van der Waals surface area contributed by atoms with Crippen molar-refractivity contribution in [2.24, 2.45) is 0 Å². The fourth-order valence-corrected chi connectivity index (χ4v) is 2.10. The van der Waals surface area contributed by atoms with Gasteiger partial charge in [-0.05, 0) is 0 Å². The summed E-state index contributed by atoms with van der Waals surface area (Å²) in [6.07, 6.45) is 0. The summed E-state index contributed by atoms with van der Waals surface area (Å²) < 4.78 is 18.3. The molecule has 0 radical (unpaired) electrons. The Hall–Kier alpha value is -2.20. The molecule has 1 rings (SSSR count). The van der Waals surface area contributed by atoms with E-state index in [9.17, 15) is 19.2 Å². The van der Waals surface area contributed by atoms with Gasteiger partial charge in [0, 0.05) is 0 Å². The van der Waals surface area contributed by atoms with Crippen LogP contribution in [0.1, 0.15) is 0 Å². The number of hydrogen-bond acceptors (Lipinski definition) is 10. The molecular weight excluding hydrogens is 300 g/mol. The number of carbonyl (C=O) groups excluding carboxylic acids is 4. The maximum atomic E-state index is 11.8. The Morgan fingerprint density at radius 3 is 0.864 bits per heavy atom. The lowest BCUT2D eigenvalue weighted by Crippen LogP contribution is -2.74. The van der Waals surface area contributed by atoms with E-state index in [-0.39, 0.29) is 0 Å². The molecule has 0 spiro atoms. The van der Waals surface area contributed by atoms with Crippen LogP contribution in [0.4, 0.5) is 0 Å². The highest BCUT2D eigenvalue weighted by Gasteiger charge is 2.50. The van der Waals surface area contributed by atoms with E-state index in [1.165, 1.54) is 0 Å². The van der Waals surface area contributed by atoms with Crippen LogP contribution in [0, 0.1) is 0 Å². The number of nitrogens with one attached hydrogen (secondary N) is 2. The molecule has 4 unspecified atom stereocenters. The van der Waals surface area contributed by atoms with Gasteiger partial charge >= 0.3 is 23.9 Å². The Balaban J connectivity index is 3.15. The second kappa shape index (κ2) is 7.71. The van der Waals surface area contributed by atoms with Crippen molar-refractivity contribution in [1.29, 1.82) is 0 Å². The van der Waals surface area contributed by atoms with Crippen LogP contribution in [0.15, 0.2) is 0 Å². The number of piperazine rings is 1. The third-order valence-corrected chi connectivity index (χ3v) is 3.21. The first-order valence-corrected chi connectivity index (χ1v) is 6.24. The fraction of sp³-hybridized carbons (Fsp3) is 0.667. The van der Waals surface area contributed by atoms with E-state index in [0.717, 1.165) is 28.4 Å². The van der Waals surface area contributed by atoms with Gasteiger partial charge < -0.3 is 18.9 Å². The van der Waals surface area contributed by atoms with Gasteiger partial charge in [0.2, 0.25) is 0 Å². The second-order valence-electron chi connectivity index (χ2n) is 4.34. The molecule has 1 aliphatic rings. The molecule has 0 aliphatic carbocycles. The minimum Gasteiger partial charge on any atom is -0.468 e. The first kappa shape index (κ1) is 17.9. The van der Waals surface area contributed by atoms with E-state index in [4.69, 9.17) is 0 Å². The Morgan fingerprint density at radius 2 is 0.727 bits per heavy atom. The molecule has 0 saturated carbocycles. The van der Waals surface area contributed by atoms with Crippen LogP contribution in [0.25, 0.3) is 0 Å². The summed E-state index contributed by atoms with van der Waals surface area (Å²) in [7, 11) is 4.49. The van der Waals surface area contributed by atoms with E-state index in [1.807, 2.05) is 0 Å². The van der Waals surface area contributed by atoms with Gasteiger partial charge in [-0.3, -0.25) is 29.8 Å². The molecule has 1 aliphatic heterocycles.